The van der Waals surface area contributed by atoms with E-state index in [-0.39, 0.29) is 5.91 Å². The van der Waals surface area contributed by atoms with E-state index in [9.17, 15) is 4.79 Å². The lowest BCUT2D eigenvalue weighted by Gasteiger charge is -2.06. The van der Waals surface area contributed by atoms with E-state index in [2.05, 4.69) is 15.4 Å². The SMILES string of the molecule is Cc1cc(C)n2ncc(C(=O)NCc3ccccc3Cl)c2n1. The quantitative estimate of drug-likeness (QED) is 0.808. The first-order valence-corrected chi connectivity index (χ1v) is 7.27. The number of aryl methyl sites for hydroxylation is 2. The topological polar surface area (TPSA) is 59.3 Å². The van der Waals surface area contributed by atoms with Crippen molar-refractivity contribution in [3.8, 4) is 0 Å². The fourth-order valence-electron chi connectivity index (χ4n) is 2.34. The van der Waals surface area contributed by atoms with E-state index in [1.54, 1.807) is 10.6 Å². The molecule has 3 aromatic rings. The summed E-state index contributed by atoms with van der Waals surface area (Å²) in [5.74, 6) is -0.215. The van der Waals surface area contributed by atoms with Crippen molar-refractivity contribution in [2.24, 2.45) is 0 Å². The van der Waals surface area contributed by atoms with Gasteiger partial charge in [-0.05, 0) is 31.5 Å². The minimum atomic E-state index is -0.215. The van der Waals surface area contributed by atoms with Crippen molar-refractivity contribution >= 4 is 23.2 Å². The van der Waals surface area contributed by atoms with Crippen molar-refractivity contribution in [2.45, 2.75) is 20.4 Å². The molecule has 0 radical (unpaired) electrons. The summed E-state index contributed by atoms with van der Waals surface area (Å²) in [7, 11) is 0. The average molecular weight is 315 g/mol. The molecule has 22 heavy (non-hydrogen) atoms. The van der Waals surface area contributed by atoms with Crippen molar-refractivity contribution in [1.82, 2.24) is 19.9 Å². The number of carbonyl (C=O) groups is 1. The normalized spacial score (nSPS) is 10.9. The number of carbonyl (C=O) groups excluding carboxylic acids is 1. The number of rotatable bonds is 3. The summed E-state index contributed by atoms with van der Waals surface area (Å²) in [6.07, 6.45) is 1.54. The molecule has 1 amide bonds. The fraction of sp³-hybridized carbons (Fsp3) is 0.188. The minimum absolute atomic E-state index is 0.215. The fourth-order valence-corrected chi connectivity index (χ4v) is 2.55. The van der Waals surface area contributed by atoms with Gasteiger partial charge in [0.05, 0.1) is 6.20 Å². The van der Waals surface area contributed by atoms with Crippen molar-refractivity contribution in [3.63, 3.8) is 0 Å². The second-order valence-corrected chi connectivity index (χ2v) is 5.51. The van der Waals surface area contributed by atoms with Crippen LogP contribution >= 0.6 is 11.6 Å². The highest BCUT2D eigenvalue weighted by Crippen LogP contribution is 2.15. The van der Waals surface area contributed by atoms with Gasteiger partial charge in [0.25, 0.3) is 5.91 Å². The van der Waals surface area contributed by atoms with Crippen LogP contribution in [-0.4, -0.2) is 20.5 Å². The van der Waals surface area contributed by atoms with Gasteiger partial charge >= 0.3 is 0 Å². The molecule has 1 aromatic carbocycles. The summed E-state index contributed by atoms with van der Waals surface area (Å²) in [5.41, 5.74) is 3.68. The Balaban J connectivity index is 1.85. The molecular formula is C16H15ClN4O. The second-order valence-electron chi connectivity index (χ2n) is 5.11. The summed E-state index contributed by atoms with van der Waals surface area (Å²) >= 11 is 6.09. The van der Waals surface area contributed by atoms with Gasteiger partial charge in [-0.1, -0.05) is 29.8 Å². The molecule has 6 heteroatoms. The number of benzene rings is 1. The van der Waals surface area contributed by atoms with Crippen LogP contribution in [0.25, 0.3) is 5.65 Å². The van der Waals surface area contributed by atoms with Crippen LogP contribution in [0.4, 0.5) is 0 Å². The molecule has 1 N–H and O–H groups in total. The molecule has 2 aromatic heterocycles. The van der Waals surface area contributed by atoms with E-state index in [0.29, 0.717) is 22.8 Å². The highest BCUT2D eigenvalue weighted by molar-refractivity contribution is 6.31. The van der Waals surface area contributed by atoms with Crippen molar-refractivity contribution < 1.29 is 4.79 Å². The predicted molar refractivity (Wildman–Crippen MR) is 85.1 cm³/mol. The van der Waals surface area contributed by atoms with Gasteiger partial charge in [-0.3, -0.25) is 4.79 Å². The Kier molecular flexibility index (Phi) is 3.81. The lowest BCUT2D eigenvalue weighted by Crippen LogP contribution is -2.23. The Morgan fingerprint density at radius 1 is 1.32 bits per heavy atom. The molecule has 0 unspecified atom stereocenters. The first kappa shape index (κ1) is 14.5. The van der Waals surface area contributed by atoms with Crippen LogP contribution in [0.2, 0.25) is 5.02 Å². The molecular weight excluding hydrogens is 300 g/mol. The van der Waals surface area contributed by atoms with Crippen LogP contribution in [0.5, 0.6) is 0 Å². The molecule has 5 nitrogen and oxygen atoms in total. The third kappa shape index (κ3) is 2.67. The van der Waals surface area contributed by atoms with Crippen LogP contribution in [0.15, 0.2) is 36.5 Å². The van der Waals surface area contributed by atoms with Crippen molar-refractivity contribution in [3.05, 3.63) is 64.1 Å². The van der Waals surface area contributed by atoms with Gasteiger partial charge < -0.3 is 5.32 Å². The number of nitrogens with zero attached hydrogens (tertiary/aromatic N) is 3. The lowest BCUT2D eigenvalue weighted by atomic mass is 10.2. The van der Waals surface area contributed by atoms with Gasteiger partial charge in [0.15, 0.2) is 5.65 Å². The number of nitrogens with one attached hydrogen (secondary N) is 1. The standard InChI is InChI=1S/C16H15ClN4O/c1-10-7-11(2)21-15(20-10)13(9-19-21)16(22)18-8-12-5-3-4-6-14(12)17/h3-7,9H,8H2,1-2H3,(H,18,22). The molecule has 112 valence electrons. The Hall–Kier alpha value is -2.40. The highest BCUT2D eigenvalue weighted by atomic mass is 35.5. The largest absolute Gasteiger partial charge is 0.348 e. The Bertz CT molecular complexity index is 856. The van der Waals surface area contributed by atoms with Crippen LogP contribution in [0, 0.1) is 13.8 Å². The van der Waals surface area contributed by atoms with Crippen LogP contribution in [-0.2, 0) is 6.54 Å². The second kappa shape index (κ2) is 5.77. The predicted octanol–water partition coefficient (Wildman–Crippen LogP) is 2.93. The van der Waals surface area contributed by atoms with Crippen LogP contribution in [0.3, 0.4) is 0 Å². The monoisotopic (exact) mass is 314 g/mol. The summed E-state index contributed by atoms with van der Waals surface area (Å²) in [4.78, 5) is 16.8. The first-order valence-electron chi connectivity index (χ1n) is 6.90. The lowest BCUT2D eigenvalue weighted by molar-refractivity contribution is 0.0952. The number of amides is 1. The molecule has 0 aliphatic heterocycles. The molecule has 0 atom stereocenters. The molecule has 0 saturated carbocycles. The summed E-state index contributed by atoms with van der Waals surface area (Å²) in [5, 5.41) is 7.71. The summed E-state index contributed by atoms with van der Waals surface area (Å²) < 4.78 is 1.66. The molecule has 0 aliphatic carbocycles. The number of fused-ring (bicyclic) bond motifs is 1. The molecule has 0 aliphatic rings. The van der Waals surface area contributed by atoms with Gasteiger partial charge in [0.1, 0.15) is 5.56 Å². The zero-order valence-corrected chi connectivity index (χ0v) is 13.1. The maximum absolute atomic E-state index is 12.4. The Morgan fingerprint density at radius 3 is 2.86 bits per heavy atom. The zero-order valence-electron chi connectivity index (χ0n) is 12.3. The third-order valence-electron chi connectivity index (χ3n) is 3.42. The van der Waals surface area contributed by atoms with E-state index >= 15 is 0 Å². The first-order chi connectivity index (χ1) is 10.6. The van der Waals surface area contributed by atoms with E-state index in [4.69, 9.17) is 11.6 Å². The maximum Gasteiger partial charge on any atom is 0.257 e. The van der Waals surface area contributed by atoms with Crippen molar-refractivity contribution in [1.29, 1.82) is 0 Å². The van der Waals surface area contributed by atoms with Crippen LogP contribution < -0.4 is 5.32 Å². The van der Waals surface area contributed by atoms with E-state index in [1.165, 1.54) is 6.20 Å². The van der Waals surface area contributed by atoms with Gasteiger partial charge in [0.2, 0.25) is 0 Å². The molecule has 0 spiro atoms. The number of hydrogen-bond donors (Lipinski definition) is 1. The smallest absolute Gasteiger partial charge is 0.257 e. The van der Waals surface area contributed by atoms with E-state index in [0.717, 1.165) is 17.0 Å². The molecule has 0 bridgehead atoms. The highest BCUT2D eigenvalue weighted by Gasteiger charge is 2.15. The maximum atomic E-state index is 12.4. The third-order valence-corrected chi connectivity index (χ3v) is 3.79. The zero-order chi connectivity index (χ0) is 15.7. The molecule has 2 heterocycles. The molecule has 0 fully saturated rings. The van der Waals surface area contributed by atoms with E-state index in [1.807, 2.05) is 38.1 Å². The number of aromatic nitrogens is 3. The Morgan fingerprint density at radius 2 is 2.09 bits per heavy atom. The van der Waals surface area contributed by atoms with Crippen LogP contribution in [0.1, 0.15) is 27.3 Å². The van der Waals surface area contributed by atoms with Gasteiger partial charge in [0, 0.05) is 23.0 Å². The van der Waals surface area contributed by atoms with E-state index < -0.39 is 0 Å². The molecule has 3 rings (SSSR count). The minimum Gasteiger partial charge on any atom is -0.348 e. The number of hydrogen-bond acceptors (Lipinski definition) is 3. The van der Waals surface area contributed by atoms with Gasteiger partial charge in [-0.2, -0.15) is 5.10 Å². The number of halogens is 1. The summed E-state index contributed by atoms with van der Waals surface area (Å²) in [6, 6.07) is 9.34. The Labute approximate surface area is 132 Å². The van der Waals surface area contributed by atoms with Crippen molar-refractivity contribution in [2.75, 3.05) is 0 Å². The molecule has 0 saturated heterocycles. The van der Waals surface area contributed by atoms with Gasteiger partial charge in [-0.25, -0.2) is 9.50 Å². The average Bonchev–Trinajstić information content (AvgIpc) is 2.90. The van der Waals surface area contributed by atoms with Gasteiger partial charge in [-0.15, -0.1) is 0 Å². The summed E-state index contributed by atoms with van der Waals surface area (Å²) in [6.45, 7) is 4.19.